The van der Waals surface area contributed by atoms with Crippen LogP contribution in [0.4, 0.5) is 4.39 Å². The first-order valence-corrected chi connectivity index (χ1v) is 4.22. The molecule has 0 spiro atoms. The summed E-state index contributed by atoms with van der Waals surface area (Å²) in [5.41, 5.74) is 2.31. The smallest absolute Gasteiger partial charge is 0.236 e. The Hall–Kier alpha value is -1.42. The summed E-state index contributed by atoms with van der Waals surface area (Å²) in [6, 6.07) is 4.30. The van der Waals surface area contributed by atoms with Gasteiger partial charge in [-0.3, -0.25) is 4.79 Å². The van der Waals surface area contributed by atoms with Gasteiger partial charge in [-0.25, -0.2) is 9.82 Å². The molecule has 1 aromatic carbocycles. The number of carbonyl (C=O) groups excluding carboxylic acids is 1. The molecule has 0 aliphatic rings. The molecule has 0 radical (unpaired) electrons. The second kappa shape index (κ2) is 4.72. The minimum Gasteiger partial charge on any atom is -0.274 e. The summed E-state index contributed by atoms with van der Waals surface area (Å²) in [6.07, 6.45) is 1.17. The summed E-state index contributed by atoms with van der Waals surface area (Å²) in [6.45, 7) is 1.31. The van der Waals surface area contributed by atoms with E-state index < -0.39 is 5.82 Å². The Balaban J connectivity index is 2.85. The van der Waals surface area contributed by atoms with Gasteiger partial charge in [0, 0.05) is 12.5 Å². The summed E-state index contributed by atoms with van der Waals surface area (Å²) in [5, 5.41) is 3.76. The van der Waals surface area contributed by atoms with Gasteiger partial charge in [0.1, 0.15) is 5.82 Å². The Morgan fingerprint density at radius 3 is 2.93 bits per heavy atom. The molecule has 0 saturated carbocycles. The molecule has 0 unspecified atom stereocenters. The number of hydrazone groups is 1. The predicted molar refractivity (Wildman–Crippen MR) is 52.8 cm³/mol. The molecular weight excluding hydrogens is 207 g/mol. The normalized spacial score (nSPS) is 10.5. The van der Waals surface area contributed by atoms with Gasteiger partial charge in [-0.15, -0.1) is 0 Å². The molecule has 0 heterocycles. The summed E-state index contributed by atoms with van der Waals surface area (Å²) < 4.78 is 13.1. The van der Waals surface area contributed by atoms with Crippen LogP contribution in [0.5, 0.6) is 0 Å². The minimum atomic E-state index is -0.480. The molecule has 3 nitrogen and oxygen atoms in total. The van der Waals surface area contributed by atoms with E-state index in [1.165, 1.54) is 25.3 Å². The van der Waals surface area contributed by atoms with Crippen LogP contribution in [0.1, 0.15) is 12.5 Å². The maximum Gasteiger partial charge on any atom is 0.236 e. The first kappa shape index (κ1) is 10.7. The van der Waals surface area contributed by atoms with E-state index in [-0.39, 0.29) is 16.5 Å². The predicted octanol–water partition coefficient (Wildman–Crippen LogP) is 1.95. The fraction of sp³-hybridized carbons (Fsp3) is 0.111. The van der Waals surface area contributed by atoms with Crippen LogP contribution in [0.2, 0.25) is 5.02 Å². The van der Waals surface area contributed by atoms with Crippen molar-refractivity contribution in [1.29, 1.82) is 0 Å². The lowest BCUT2D eigenvalue weighted by Gasteiger charge is -1.98. The molecule has 0 atom stereocenters. The van der Waals surface area contributed by atoms with Gasteiger partial charge in [0.2, 0.25) is 5.91 Å². The van der Waals surface area contributed by atoms with Crippen molar-refractivity contribution in [3.8, 4) is 0 Å². The van der Waals surface area contributed by atoms with Gasteiger partial charge >= 0.3 is 0 Å². The number of hydrogen-bond donors (Lipinski definition) is 1. The van der Waals surface area contributed by atoms with Gasteiger partial charge in [0.25, 0.3) is 0 Å². The van der Waals surface area contributed by atoms with Crippen molar-refractivity contribution in [3.05, 3.63) is 34.6 Å². The highest BCUT2D eigenvalue weighted by molar-refractivity contribution is 6.33. The van der Waals surface area contributed by atoms with Gasteiger partial charge in [0.05, 0.1) is 11.2 Å². The Morgan fingerprint density at radius 2 is 2.36 bits per heavy atom. The van der Waals surface area contributed by atoms with Gasteiger partial charge in [-0.05, 0) is 12.1 Å². The van der Waals surface area contributed by atoms with E-state index in [9.17, 15) is 9.18 Å². The Morgan fingerprint density at radius 1 is 1.64 bits per heavy atom. The van der Waals surface area contributed by atoms with Gasteiger partial charge in [-0.1, -0.05) is 17.7 Å². The van der Waals surface area contributed by atoms with E-state index in [4.69, 9.17) is 11.6 Å². The fourth-order valence-corrected chi connectivity index (χ4v) is 1.03. The number of halogens is 2. The third-order valence-corrected chi connectivity index (χ3v) is 1.74. The molecule has 1 rings (SSSR count). The second-order valence-electron chi connectivity index (χ2n) is 2.56. The van der Waals surface area contributed by atoms with Crippen molar-refractivity contribution in [2.24, 2.45) is 5.10 Å². The van der Waals surface area contributed by atoms with Crippen molar-refractivity contribution < 1.29 is 9.18 Å². The molecule has 1 N–H and O–H groups in total. The van der Waals surface area contributed by atoms with Crippen LogP contribution < -0.4 is 5.43 Å². The zero-order chi connectivity index (χ0) is 10.6. The summed E-state index contributed by atoms with van der Waals surface area (Å²) in [5.74, 6) is -0.805. The van der Waals surface area contributed by atoms with E-state index in [1.807, 2.05) is 0 Å². The first-order chi connectivity index (χ1) is 6.61. The second-order valence-corrected chi connectivity index (χ2v) is 2.97. The first-order valence-electron chi connectivity index (χ1n) is 3.85. The van der Waals surface area contributed by atoms with Crippen LogP contribution in [0.25, 0.3) is 0 Å². The molecule has 74 valence electrons. The largest absolute Gasteiger partial charge is 0.274 e. The number of carbonyl (C=O) groups is 1. The van der Waals surface area contributed by atoms with E-state index in [2.05, 4.69) is 10.5 Å². The van der Waals surface area contributed by atoms with Gasteiger partial charge in [0.15, 0.2) is 0 Å². The lowest BCUT2D eigenvalue weighted by Crippen LogP contribution is -2.12. The number of benzene rings is 1. The van der Waals surface area contributed by atoms with Crippen LogP contribution in [-0.4, -0.2) is 12.1 Å². The van der Waals surface area contributed by atoms with Gasteiger partial charge < -0.3 is 0 Å². The average Bonchev–Trinajstić information content (AvgIpc) is 2.09. The monoisotopic (exact) mass is 214 g/mol. The standard InChI is InChI=1S/C9H8ClFN2O/c1-6(14)13-12-5-7-8(10)3-2-4-9(7)11/h2-5H,1H3,(H,13,14)/b12-5-. The topological polar surface area (TPSA) is 41.5 Å². The molecule has 0 aromatic heterocycles. The summed E-state index contributed by atoms with van der Waals surface area (Å²) in [4.78, 5) is 10.5. The quantitative estimate of drug-likeness (QED) is 0.593. The third kappa shape index (κ3) is 2.81. The zero-order valence-corrected chi connectivity index (χ0v) is 8.18. The molecule has 0 aliphatic carbocycles. The number of amides is 1. The number of rotatable bonds is 2. The van der Waals surface area contributed by atoms with E-state index in [0.717, 1.165) is 0 Å². The van der Waals surface area contributed by atoms with Crippen molar-refractivity contribution in [3.63, 3.8) is 0 Å². The van der Waals surface area contributed by atoms with E-state index in [0.29, 0.717) is 0 Å². The molecule has 1 aromatic rings. The molecule has 14 heavy (non-hydrogen) atoms. The molecule has 0 fully saturated rings. The highest BCUT2D eigenvalue weighted by atomic mass is 35.5. The number of hydrogen-bond acceptors (Lipinski definition) is 2. The number of nitrogens with one attached hydrogen (secondary N) is 1. The number of nitrogens with zero attached hydrogens (tertiary/aromatic N) is 1. The molecular formula is C9H8ClFN2O. The molecule has 1 amide bonds. The van der Waals surface area contributed by atoms with Crippen LogP contribution in [0.3, 0.4) is 0 Å². The summed E-state index contributed by atoms with van der Waals surface area (Å²) in [7, 11) is 0. The Bertz CT molecular complexity index is 359. The van der Waals surface area contributed by atoms with Crippen LogP contribution in [0.15, 0.2) is 23.3 Å². The van der Waals surface area contributed by atoms with Crippen molar-refractivity contribution >= 4 is 23.7 Å². The van der Waals surface area contributed by atoms with Crippen LogP contribution in [0, 0.1) is 5.82 Å². The zero-order valence-electron chi connectivity index (χ0n) is 7.42. The molecule has 0 saturated heterocycles. The average molecular weight is 215 g/mol. The maximum absolute atomic E-state index is 13.1. The minimum absolute atomic E-state index is 0.155. The van der Waals surface area contributed by atoms with Gasteiger partial charge in [-0.2, -0.15) is 5.10 Å². The van der Waals surface area contributed by atoms with Crippen molar-refractivity contribution in [1.82, 2.24) is 5.43 Å². The lowest BCUT2D eigenvalue weighted by atomic mass is 10.2. The maximum atomic E-state index is 13.1. The Labute approximate surface area is 85.6 Å². The third-order valence-electron chi connectivity index (χ3n) is 1.42. The highest BCUT2D eigenvalue weighted by Crippen LogP contribution is 2.16. The van der Waals surface area contributed by atoms with Crippen LogP contribution >= 0.6 is 11.6 Å². The Kier molecular flexibility index (Phi) is 3.59. The van der Waals surface area contributed by atoms with Crippen molar-refractivity contribution in [2.45, 2.75) is 6.92 Å². The fourth-order valence-electron chi connectivity index (χ4n) is 0.822. The SMILES string of the molecule is CC(=O)N/N=C\c1c(F)cccc1Cl. The molecule has 0 bridgehead atoms. The lowest BCUT2D eigenvalue weighted by molar-refractivity contribution is -0.118. The summed E-state index contributed by atoms with van der Waals surface area (Å²) >= 11 is 5.70. The van der Waals surface area contributed by atoms with E-state index in [1.54, 1.807) is 6.07 Å². The van der Waals surface area contributed by atoms with E-state index >= 15 is 0 Å². The molecule has 0 aliphatic heterocycles. The molecule has 5 heteroatoms. The highest BCUT2D eigenvalue weighted by Gasteiger charge is 2.02. The van der Waals surface area contributed by atoms with Crippen molar-refractivity contribution in [2.75, 3.05) is 0 Å². The van der Waals surface area contributed by atoms with Crippen LogP contribution in [-0.2, 0) is 4.79 Å².